The topological polar surface area (TPSA) is 75.4 Å². The Bertz CT molecular complexity index is 274. The van der Waals surface area contributed by atoms with Crippen LogP contribution in [0.4, 0.5) is 0 Å². The number of nitrogens with zero attached hydrogens (tertiary/aromatic N) is 1. The van der Waals surface area contributed by atoms with Crippen LogP contribution in [0.5, 0.6) is 0 Å². The molecular weight excluding hydrogens is 254 g/mol. The highest BCUT2D eigenvalue weighted by Gasteiger charge is 2.19. The minimum atomic E-state index is -0.395. The highest BCUT2D eigenvalue weighted by atomic mass is 35.5. The summed E-state index contributed by atoms with van der Waals surface area (Å²) in [6.07, 6.45) is 4.07. The van der Waals surface area contributed by atoms with Gasteiger partial charge in [0, 0.05) is 26.1 Å². The summed E-state index contributed by atoms with van der Waals surface area (Å²) in [6, 6.07) is -0.395. The van der Waals surface area contributed by atoms with Crippen LogP contribution in [0.15, 0.2) is 0 Å². The molecule has 1 aliphatic rings. The Morgan fingerprint density at radius 1 is 1.56 bits per heavy atom. The monoisotopic (exact) mass is 277 g/mol. The number of carbonyl (C=O) groups excluding carboxylic acids is 2. The summed E-state index contributed by atoms with van der Waals surface area (Å²) in [5, 5.41) is 2.80. The third-order valence-corrected chi connectivity index (χ3v) is 3.01. The molecule has 1 heterocycles. The van der Waals surface area contributed by atoms with Gasteiger partial charge in [0.1, 0.15) is 0 Å². The lowest BCUT2D eigenvalue weighted by atomic mass is 10.1. The number of hydrogen-bond acceptors (Lipinski definition) is 3. The third kappa shape index (κ3) is 5.69. The summed E-state index contributed by atoms with van der Waals surface area (Å²) in [4.78, 5) is 24.7. The second-order valence-corrected chi connectivity index (χ2v) is 4.52. The van der Waals surface area contributed by atoms with Crippen molar-refractivity contribution in [2.45, 2.75) is 45.1 Å². The fourth-order valence-electron chi connectivity index (χ4n) is 2.00. The molecule has 2 amide bonds. The number of rotatable bonds is 7. The molecule has 1 rings (SSSR count). The van der Waals surface area contributed by atoms with E-state index in [0.29, 0.717) is 13.0 Å². The van der Waals surface area contributed by atoms with E-state index in [-0.39, 0.29) is 24.2 Å². The maximum atomic E-state index is 11.5. The van der Waals surface area contributed by atoms with E-state index in [9.17, 15) is 9.59 Å². The first kappa shape index (κ1) is 17.2. The summed E-state index contributed by atoms with van der Waals surface area (Å²) in [5.74, 6) is 0.151. The van der Waals surface area contributed by atoms with Crippen LogP contribution < -0.4 is 11.1 Å². The van der Waals surface area contributed by atoms with Gasteiger partial charge >= 0.3 is 0 Å². The zero-order valence-corrected chi connectivity index (χ0v) is 11.8. The van der Waals surface area contributed by atoms with Crippen LogP contribution in [0, 0.1) is 0 Å². The maximum absolute atomic E-state index is 11.5. The molecule has 0 saturated carbocycles. The average Bonchev–Trinajstić information content (AvgIpc) is 2.70. The van der Waals surface area contributed by atoms with Crippen molar-refractivity contribution in [3.8, 4) is 0 Å². The molecule has 5 nitrogen and oxygen atoms in total. The van der Waals surface area contributed by atoms with Crippen LogP contribution in [0.1, 0.15) is 39.0 Å². The van der Waals surface area contributed by atoms with Crippen molar-refractivity contribution in [1.82, 2.24) is 10.2 Å². The summed E-state index contributed by atoms with van der Waals surface area (Å²) in [5.41, 5.74) is 5.68. The van der Waals surface area contributed by atoms with Gasteiger partial charge in [-0.25, -0.2) is 0 Å². The molecule has 0 radical (unpaired) electrons. The van der Waals surface area contributed by atoms with Crippen molar-refractivity contribution in [3.05, 3.63) is 0 Å². The zero-order valence-electron chi connectivity index (χ0n) is 11.0. The Kier molecular flexibility index (Phi) is 8.75. The van der Waals surface area contributed by atoms with Crippen molar-refractivity contribution >= 4 is 24.2 Å². The zero-order chi connectivity index (χ0) is 12.7. The van der Waals surface area contributed by atoms with Crippen molar-refractivity contribution < 1.29 is 9.59 Å². The molecule has 0 aromatic carbocycles. The summed E-state index contributed by atoms with van der Waals surface area (Å²) >= 11 is 0. The molecule has 1 atom stereocenters. The molecule has 1 saturated heterocycles. The standard InChI is InChI=1S/C12H23N3O2.ClH/c1-2-5-10(13)12(17)14-7-4-9-15-8-3-6-11(15)16;/h10H,2-9,13H2,1H3,(H,14,17);1H. The van der Waals surface area contributed by atoms with Crippen LogP contribution in [-0.2, 0) is 9.59 Å². The van der Waals surface area contributed by atoms with Gasteiger partial charge in [-0.1, -0.05) is 13.3 Å². The second kappa shape index (κ2) is 9.16. The van der Waals surface area contributed by atoms with Crippen molar-refractivity contribution in [3.63, 3.8) is 0 Å². The minimum absolute atomic E-state index is 0. The van der Waals surface area contributed by atoms with Gasteiger partial charge in [-0.05, 0) is 19.3 Å². The van der Waals surface area contributed by atoms with Gasteiger partial charge in [0.25, 0.3) is 0 Å². The molecule has 0 aromatic heterocycles. The predicted molar refractivity (Wildman–Crippen MR) is 73.6 cm³/mol. The van der Waals surface area contributed by atoms with E-state index < -0.39 is 6.04 Å². The molecule has 3 N–H and O–H groups in total. The van der Waals surface area contributed by atoms with E-state index in [0.717, 1.165) is 38.8 Å². The number of halogens is 1. The van der Waals surface area contributed by atoms with Gasteiger partial charge in [-0.3, -0.25) is 9.59 Å². The van der Waals surface area contributed by atoms with Crippen molar-refractivity contribution in [1.29, 1.82) is 0 Å². The average molecular weight is 278 g/mol. The molecule has 0 aromatic rings. The van der Waals surface area contributed by atoms with Gasteiger partial charge in [-0.15, -0.1) is 12.4 Å². The largest absolute Gasteiger partial charge is 0.355 e. The van der Waals surface area contributed by atoms with E-state index in [1.165, 1.54) is 0 Å². The second-order valence-electron chi connectivity index (χ2n) is 4.52. The maximum Gasteiger partial charge on any atom is 0.236 e. The van der Waals surface area contributed by atoms with Crippen molar-refractivity contribution in [2.24, 2.45) is 5.73 Å². The summed E-state index contributed by atoms with van der Waals surface area (Å²) in [7, 11) is 0. The van der Waals surface area contributed by atoms with Crippen LogP contribution in [0.3, 0.4) is 0 Å². The Morgan fingerprint density at radius 2 is 2.28 bits per heavy atom. The number of likely N-dealkylation sites (tertiary alicyclic amines) is 1. The molecule has 1 unspecified atom stereocenters. The third-order valence-electron chi connectivity index (χ3n) is 3.01. The first-order chi connectivity index (χ1) is 8.15. The number of amides is 2. The molecule has 106 valence electrons. The van der Waals surface area contributed by atoms with E-state index in [2.05, 4.69) is 5.32 Å². The van der Waals surface area contributed by atoms with Gasteiger partial charge in [0.15, 0.2) is 0 Å². The van der Waals surface area contributed by atoms with Crippen molar-refractivity contribution in [2.75, 3.05) is 19.6 Å². The first-order valence-corrected chi connectivity index (χ1v) is 6.46. The molecule has 0 bridgehead atoms. The lowest BCUT2D eigenvalue weighted by molar-refractivity contribution is -0.127. The molecule has 0 spiro atoms. The molecule has 1 aliphatic heterocycles. The molecule has 0 aliphatic carbocycles. The number of nitrogens with one attached hydrogen (secondary N) is 1. The highest BCUT2D eigenvalue weighted by Crippen LogP contribution is 2.09. The van der Waals surface area contributed by atoms with Crippen LogP contribution in [0.2, 0.25) is 0 Å². The molecule has 1 fully saturated rings. The van der Waals surface area contributed by atoms with Gasteiger partial charge < -0.3 is 16.0 Å². The van der Waals surface area contributed by atoms with Gasteiger partial charge in [0.2, 0.25) is 11.8 Å². The minimum Gasteiger partial charge on any atom is -0.355 e. The normalized spacial score (nSPS) is 16.3. The van der Waals surface area contributed by atoms with Gasteiger partial charge in [0.05, 0.1) is 6.04 Å². The van der Waals surface area contributed by atoms with E-state index in [1.54, 1.807) is 0 Å². The Hall–Kier alpha value is -0.810. The highest BCUT2D eigenvalue weighted by molar-refractivity contribution is 5.85. The smallest absolute Gasteiger partial charge is 0.236 e. The van der Waals surface area contributed by atoms with Crippen LogP contribution >= 0.6 is 12.4 Å². The lowest BCUT2D eigenvalue weighted by Gasteiger charge is -2.16. The molecular formula is C12H24ClN3O2. The van der Waals surface area contributed by atoms with E-state index in [4.69, 9.17) is 5.73 Å². The quantitative estimate of drug-likeness (QED) is 0.672. The van der Waals surface area contributed by atoms with E-state index in [1.807, 2.05) is 11.8 Å². The summed E-state index contributed by atoms with van der Waals surface area (Å²) in [6.45, 7) is 4.20. The number of carbonyl (C=O) groups is 2. The van der Waals surface area contributed by atoms with Crippen LogP contribution in [0.25, 0.3) is 0 Å². The fourth-order valence-corrected chi connectivity index (χ4v) is 2.00. The molecule has 6 heteroatoms. The number of hydrogen-bond donors (Lipinski definition) is 2. The Morgan fingerprint density at radius 3 is 2.83 bits per heavy atom. The molecule has 18 heavy (non-hydrogen) atoms. The van der Waals surface area contributed by atoms with E-state index >= 15 is 0 Å². The number of nitrogens with two attached hydrogens (primary N) is 1. The summed E-state index contributed by atoms with van der Waals surface area (Å²) < 4.78 is 0. The Balaban J connectivity index is 0.00000289. The SMILES string of the molecule is CCCC(N)C(=O)NCCCN1CCCC1=O.Cl. The fraction of sp³-hybridized carbons (Fsp3) is 0.833. The van der Waals surface area contributed by atoms with Gasteiger partial charge in [-0.2, -0.15) is 0 Å². The van der Waals surface area contributed by atoms with Crippen LogP contribution in [-0.4, -0.2) is 42.4 Å². The lowest BCUT2D eigenvalue weighted by Crippen LogP contribution is -2.41. The predicted octanol–water partition coefficient (Wildman–Crippen LogP) is 0.664. The first-order valence-electron chi connectivity index (χ1n) is 6.46. The Labute approximate surface area is 115 Å².